The van der Waals surface area contributed by atoms with Crippen LogP contribution in [0.2, 0.25) is 0 Å². The SMILES string of the molecule is CN(C)c1nc2c(c(N3CCOC(CCN)C3)n1)CCCC2.Cl.Cl. The molecule has 138 valence electrons. The molecule has 2 aliphatic rings. The van der Waals surface area contributed by atoms with Crippen LogP contribution in [0.25, 0.3) is 0 Å². The number of ether oxygens (including phenoxy) is 1. The van der Waals surface area contributed by atoms with Crippen LogP contribution in [-0.4, -0.2) is 56.4 Å². The summed E-state index contributed by atoms with van der Waals surface area (Å²) in [6, 6.07) is 0. The highest BCUT2D eigenvalue weighted by Crippen LogP contribution is 2.30. The third-order valence-corrected chi connectivity index (χ3v) is 4.48. The number of halogens is 2. The maximum absolute atomic E-state index is 5.82. The number of fused-ring (bicyclic) bond motifs is 1. The van der Waals surface area contributed by atoms with Crippen molar-refractivity contribution in [3.8, 4) is 0 Å². The van der Waals surface area contributed by atoms with Gasteiger partial charge in [-0.2, -0.15) is 4.98 Å². The summed E-state index contributed by atoms with van der Waals surface area (Å²) >= 11 is 0. The molecule has 0 radical (unpaired) electrons. The van der Waals surface area contributed by atoms with Crippen molar-refractivity contribution in [3.63, 3.8) is 0 Å². The first-order valence-corrected chi connectivity index (χ1v) is 8.32. The quantitative estimate of drug-likeness (QED) is 0.862. The number of rotatable bonds is 4. The molecule has 6 nitrogen and oxygen atoms in total. The van der Waals surface area contributed by atoms with Gasteiger partial charge in [0, 0.05) is 32.7 Å². The molecule has 1 saturated heterocycles. The van der Waals surface area contributed by atoms with E-state index in [1.165, 1.54) is 24.1 Å². The second-order valence-electron chi connectivity index (χ2n) is 6.39. The summed E-state index contributed by atoms with van der Waals surface area (Å²) in [5.41, 5.74) is 8.28. The highest BCUT2D eigenvalue weighted by molar-refractivity contribution is 5.85. The lowest BCUT2D eigenvalue weighted by atomic mass is 9.96. The van der Waals surface area contributed by atoms with Crippen molar-refractivity contribution in [1.29, 1.82) is 0 Å². The second kappa shape index (κ2) is 9.61. The zero-order valence-electron chi connectivity index (χ0n) is 14.5. The summed E-state index contributed by atoms with van der Waals surface area (Å²) in [5.74, 6) is 1.94. The van der Waals surface area contributed by atoms with Crippen LogP contribution in [0, 0.1) is 0 Å². The number of morpholine rings is 1. The van der Waals surface area contributed by atoms with Crippen LogP contribution < -0.4 is 15.5 Å². The molecule has 1 atom stereocenters. The summed E-state index contributed by atoms with van der Waals surface area (Å²) in [4.78, 5) is 14.0. The van der Waals surface area contributed by atoms with Crippen LogP contribution in [-0.2, 0) is 17.6 Å². The largest absolute Gasteiger partial charge is 0.374 e. The summed E-state index contributed by atoms with van der Waals surface area (Å²) in [7, 11) is 4.01. The molecule has 1 aliphatic heterocycles. The van der Waals surface area contributed by atoms with Crippen molar-refractivity contribution >= 4 is 36.6 Å². The molecule has 0 amide bonds. The molecule has 1 aromatic heterocycles. The lowest BCUT2D eigenvalue weighted by Gasteiger charge is -2.36. The first kappa shape index (κ1) is 21.2. The van der Waals surface area contributed by atoms with Gasteiger partial charge in [0.25, 0.3) is 0 Å². The molecule has 0 saturated carbocycles. The lowest BCUT2D eigenvalue weighted by Crippen LogP contribution is -2.44. The van der Waals surface area contributed by atoms with Gasteiger partial charge in [-0.05, 0) is 38.6 Å². The Balaban J connectivity index is 0.00000144. The molecule has 0 spiro atoms. The van der Waals surface area contributed by atoms with Crippen molar-refractivity contribution in [2.24, 2.45) is 5.73 Å². The van der Waals surface area contributed by atoms with Gasteiger partial charge in [-0.15, -0.1) is 24.8 Å². The van der Waals surface area contributed by atoms with E-state index in [2.05, 4.69) is 4.90 Å². The fourth-order valence-corrected chi connectivity index (χ4v) is 3.30. The third-order valence-electron chi connectivity index (χ3n) is 4.48. The molecule has 8 heteroatoms. The number of hydrogen-bond acceptors (Lipinski definition) is 6. The van der Waals surface area contributed by atoms with Crippen molar-refractivity contribution in [1.82, 2.24) is 9.97 Å². The van der Waals surface area contributed by atoms with Crippen molar-refractivity contribution < 1.29 is 4.74 Å². The molecule has 0 aromatic carbocycles. The average molecular weight is 378 g/mol. The van der Waals surface area contributed by atoms with E-state index < -0.39 is 0 Å². The van der Waals surface area contributed by atoms with E-state index in [1.54, 1.807) is 0 Å². The second-order valence-corrected chi connectivity index (χ2v) is 6.39. The minimum Gasteiger partial charge on any atom is -0.374 e. The molecule has 2 heterocycles. The maximum atomic E-state index is 5.82. The fourth-order valence-electron chi connectivity index (χ4n) is 3.30. The van der Waals surface area contributed by atoms with Crippen LogP contribution in [0.4, 0.5) is 11.8 Å². The smallest absolute Gasteiger partial charge is 0.227 e. The number of anilines is 2. The summed E-state index contributed by atoms with van der Waals surface area (Å²) in [6.07, 6.45) is 5.76. The van der Waals surface area contributed by atoms with Gasteiger partial charge in [-0.1, -0.05) is 0 Å². The third kappa shape index (κ3) is 4.63. The van der Waals surface area contributed by atoms with E-state index >= 15 is 0 Å². The minimum atomic E-state index is 0. The van der Waals surface area contributed by atoms with Crippen LogP contribution in [0.3, 0.4) is 0 Å². The van der Waals surface area contributed by atoms with Crippen LogP contribution in [0.15, 0.2) is 0 Å². The Hall–Kier alpha value is -0.820. The first-order valence-electron chi connectivity index (χ1n) is 8.32. The van der Waals surface area contributed by atoms with E-state index in [-0.39, 0.29) is 30.9 Å². The molecule has 24 heavy (non-hydrogen) atoms. The number of aromatic nitrogens is 2. The van der Waals surface area contributed by atoms with Gasteiger partial charge in [0.2, 0.25) is 5.95 Å². The van der Waals surface area contributed by atoms with Crippen LogP contribution in [0.5, 0.6) is 0 Å². The van der Waals surface area contributed by atoms with Crippen molar-refractivity contribution in [3.05, 3.63) is 11.3 Å². The van der Waals surface area contributed by atoms with E-state index in [1.807, 2.05) is 19.0 Å². The number of nitrogens with zero attached hydrogens (tertiary/aromatic N) is 4. The highest BCUT2D eigenvalue weighted by atomic mass is 35.5. The minimum absolute atomic E-state index is 0. The van der Waals surface area contributed by atoms with Crippen molar-refractivity contribution in [2.45, 2.75) is 38.2 Å². The van der Waals surface area contributed by atoms with Gasteiger partial charge in [0.15, 0.2) is 0 Å². The molecule has 2 N–H and O–H groups in total. The zero-order chi connectivity index (χ0) is 15.5. The van der Waals surface area contributed by atoms with Gasteiger partial charge >= 0.3 is 0 Å². The average Bonchev–Trinajstić information content (AvgIpc) is 2.54. The standard InChI is InChI=1S/C16H27N5O.2ClH/c1-20(2)16-18-14-6-4-3-5-13(14)15(19-16)21-9-10-22-12(11-21)7-8-17;;/h12H,3-11,17H2,1-2H3;2*1H. The van der Waals surface area contributed by atoms with E-state index in [9.17, 15) is 0 Å². The van der Waals surface area contributed by atoms with Crippen molar-refractivity contribution in [2.75, 3.05) is 50.1 Å². The molecule has 1 fully saturated rings. The van der Waals surface area contributed by atoms with Gasteiger partial charge in [0.1, 0.15) is 5.82 Å². The van der Waals surface area contributed by atoms with E-state index in [0.717, 1.165) is 50.7 Å². The fraction of sp³-hybridized carbons (Fsp3) is 0.750. The Morgan fingerprint density at radius 3 is 2.67 bits per heavy atom. The summed E-state index contributed by atoms with van der Waals surface area (Å²) in [5, 5.41) is 0. The number of hydrogen-bond donors (Lipinski definition) is 1. The number of aryl methyl sites for hydroxylation is 1. The van der Waals surface area contributed by atoms with Gasteiger partial charge < -0.3 is 20.3 Å². The predicted molar refractivity (Wildman–Crippen MR) is 103 cm³/mol. The summed E-state index contributed by atoms with van der Waals surface area (Å²) < 4.78 is 5.82. The Bertz CT molecular complexity index is 527. The molecular formula is C16H29Cl2N5O. The first-order chi connectivity index (χ1) is 10.7. The monoisotopic (exact) mass is 377 g/mol. The molecule has 0 bridgehead atoms. The topological polar surface area (TPSA) is 67.5 Å². The molecular weight excluding hydrogens is 349 g/mol. The highest BCUT2D eigenvalue weighted by Gasteiger charge is 2.26. The van der Waals surface area contributed by atoms with Crippen LogP contribution in [0.1, 0.15) is 30.5 Å². The Morgan fingerprint density at radius 2 is 1.96 bits per heavy atom. The van der Waals surface area contributed by atoms with Gasteiger partial charge in [0.05, 0.1) is 18.4 Å². The number of nitrogens with two attached hydrogens (primary N) is 1. The normalized spacial score (nSPS) is 19.8. The van der Waals surface area contributed by atoms with E-state index in [4.69, 9.17) is 20.4 Å². The zero-order valence-corrected chi connectivity index (χ0v) is 16.2. The Labute approximate surface area is 157 Å². The Kier molecular flexibility index (Phi) is 8.50. The lowest BCUT2D eigenvalue weighted by molar-refractivity contribution is 0.0365. The van der Waals surface area contributed by atoms with Gasteiger partial charge in [-0.25, -0.2) is 4.98 Å². The molecule has 1 aromatic rings. The summed E-state index contributed by atoms with van der Waals surface area (Å²) in [6.45, 7) is 3.20. The molecule has 1 aliphatic carbocycles. The molecule has 1 unspecified atom stereocenters. The van der Waals surface area contributed by atoms with Gasteiger partial charge in [-0.3, -0.25) is 0 Å². The van der Waals surface area contributed by atoms with E-state index in [0.29, 0.717) is 6.54 Å². The Morgan fingerprint density at radius 1 is 1.21 bits per heavy atom. The predicted octanol–water partition coefficient (Wildman–Crippen LogP) is 1.82. The molecule has 3 rings (SSSR count). The van der Waals surface area contributed by atoms with Crippen LogP contribution >= 0.6 is 24.8 Å². The maximum Gasteiger partial charge on any atom is 0.227 e.